The van der Waals surface area contributed by atoms with E-state index in [0.717, 1.165) is 44.2 Å². The standard InChI is InChI=1S/C52H64N10O7S/c1-34-9-8-10-38(27-34)31-55-60-43-29-44(61-22-25-68-26-23-61)58-51(57-43)69-24-21-36-15-19-40(20-16-36)56-45(64)11-6-7-12-46(65)59-48(52(3,4)5)50(67)62-32-41(63)28-42(62)49(66)53-30-37-13-17-39(18-14-37)47-35(2)54-33-70-47/h8-10,13-20,27,29,31,33,41-42,48,63H,6-7,11-12,21-26,28,30,32H2,1-5H3,(H,53,66)(H,56,64)(H,59,65)(H,57,58,60)/b55-31+/t41-,42+,48-/m1/s1. The molecule has 17 nitrogen and oxygen atoms in total. The Kier molecular flexibility index (Phi) is 17.7. The molecule has 370 valence electrons. The number of hydrogen-bond donors (Lipinski definition) is 5. The van der Waals surface area contributed by atoms with Gasteiger partial charge in [-0.3, -0.25) is 24.6 Å². The molecular weight excluding hydrogens is 909 g/mol. The van der Waals surface area contributed by atoms with Gasteiger partial charge in [-0.15, -0.1) is 11.3 Å². The summed E-state index contributed by atoms with van der Waals surface area (Å²) >= 11 is 1.57. The fourth-order valence-corrected chi connectivity index (χ4v) is 9.05. The highest BCUT2D eigenvalue weighted by atomic mass is 32.1. The Bertz CT molecular complexity index is 2590. The normalized spacial score (nSPS) is 16.5. The molecule has 4 amide bonds. The third-order valence-corrected chi connectivity index (χ3v) is 13.1. The van der Waals surface area contributed by atoms with E-state index >= 15 is 0 Å². The molecule has 3 atom stereocenters. The van der Waals surface area contributed by atoms with Gasteiger partial charge in [-0.05, 0) is 66.5 Å². The molecule has 0 saturated carbocycles. The van der Waals surface area contributed by atoms with Crippen LogP contribution in [0.4, 0.5) is 17.3 Å². The maximum Gasteiger partial charge on any atom is 0.320 e. The predicted octanol–water partition coefficient (Wildman–Crippen LogP) is 6.43. The molecule has 18 heteroatoms. The number of ether oxygens (including phenoxy) is 2. The van der Waals surface area contributed by atoms with Crippen molar-refractivity contribution < 1.29 is 33.8 Å². The number of anilines is 3. The summed E-state index contributed by atoms with van der Waals surface area (Å²) in [5.74, 6) is -0.0701. The number of aliphatic hydroxyl groups excluding tert-OH is 1. The van der Waals surface area contributed by atoms with E-state index in [1.165, 1.54) is 4.90 Å². The van der Waals surface area contributed by atoms with Gasteiger partial charge >= 0.3 is 6.01 Å². The van der Waals surface area contributed by atoms with E-state index in [9.17, 15) is 24.3 Å². The highest BCUT2D eigenvalue weighted by molar-refractivity contribution is 7.13. The van der Waals surface area contributed by atoms with Gasteiger partial charge in [0.1, 0.15) is 17.9 Å². The molecule has 2 aliphatic heterocycles. The lowest BCUT2D eigenvalue weighted by Crippen LogP contribution is -2.57. The van der Waals surface area contributed by atoms with Crippen LogP contribution in [0.2, 0.25) is 0 Å². The first-order valence-electron chi connectivity index (χ1n) is 23.8. The van der Waals surface area contributed by atoms with Crippen LogP contribution in [-0.4, -0.2) is 112 Å². The maximum absolute atomic E-state index is 14.0. The molecule has 2 saturated heterocycles. The number of nitrogens with one attached hydrogen (secondary N) is 4. The van der Waals surface area contributed by atoms with Crippen molar-refractivity contribution in [3.05, 3.63) is 112 Å². The Morgan fingerprint density at radius 2 is 1.67 bits per heavy atom. The van der Waals surface area contributed by atoms with Crippen LogP contribution in [0.15, 0.2) is 89.5 Å². The molecule has 3 aromatic carbocycles. The Hall–Kier alpha value is -6.76. The number of unbranched alkanes of at least 4 members (excludes halogenated alkanes) is 1. The van der Waals surface area contributed by atoms with Crippen molar-refractivity contribution in [3.8, 4) is 16.5 Å². The van der Waals surface area contributed by atoms with Crippen molar-refractivity contribution in [3.63, 3.8) is 0 Å². The lowest BCUT2D eigenvalue weighted by molar-refractivity contribution is -0.144. The number of benzene rings is 3. The Balaban J connectivity index is 0.830. The Labute approximate surface area is 413 Å². The SMILES string of the molecule is Cc1cccc(/C=N/Nc2cc(N3CCOCC3)nc(OCCc3ccc(NC(=O)CCCCC(=O)N[C@H](C(=O)N4C[C@H](O)C[C@H]4C(=O)NCc4ccc(-c5scnc5C)cc4)C(C)(C)C)cc3)n2)c1. The lowest BCUT2D eigenvalue weighted by Gasteiger charge is -2.35. The fourth-order valence-electron chi connectivity index (χ4n) is 8.24. The van der Waals surface area contributed by atoms with Crippen molar-refractivity contribution in [1.29, 1.82) is 0 Å². The first kappa shape index (κ1) is 51.1. The van der Waals surface area contributed by atoms with E-state index in [1.54, 1.807) is 17.6 Å². The number of rotatable bonds is 20. The summed E-state index contributed by atoms with van der Waals surface area (Å²) < 4.78 is 11.6. The van der Waals surface area contributed by atoms with Gasteiger partial charge in [0.25, 0.3) is 0 Å². The van der Waals surface area contributed by atoms with Crippen LogP contribution in [0.25, 0.3) is 10.4 Å². The largest absolute Gasteiger partial charge is 0.463 e. The van der Waals surface area contributed by atoms with Crippen LogP contribution in [-0.2, 0) is 36.9 Å². The molecule has 4 heterocycles. The minimum Gasteiger partial charge on any atom is -0.463 e. The average molecular weight is 973 g/mol. The number of carbonyl (C=O) groups excluding carboxylic acids is 4. The molecule has 2 aliphatic rings. The summed E-state index contributed by atoms with van der Waals surface area (Å²) in [6.07, 6.45) is 2.76. The quantitative estimate of drug-likeness (QED) is 0.0325. The van der Waals surface area contributed by atoms with E-state index in [2.05, 4.69) is 46.3 Å². The maximum atomic E-state index is 14.0. The van der Waals surface area contributed by atoms with Crippen molar-refractivity contribution in [1.82, 2.24) is 30.5 Å². The summed E-state index contributed by atoms with van der Waals surface area (Å²) in [7, 11) is 0. The smallest absolute Gasteiger partial charge is 0.320 e. The van der Waals surface area contributed by atoms with Gasteiger partial charge in [0, 0.05) is 63.6 Å². The Morgan fingerprint density at radius 1 is 0.943 bits per heavy atom. The van der Waals surface area contributed by atoms with Crippen molar-refractivity contribution in [2.24, 2.45) is 10.5 Å². The van der Waals surface area contributed by atoms with Gasteiger partial charge < -0.3 is 40.3 Å². The van der Waals surface area contributed by atoms with E-state index in [1.807, 2.05) is 119 Å². The molecule has 0 radical (unpaired) electrons. The minimum atomic E-state index is -0.939. The average Bonchev–Trinajstić information content (AvgIpc) is 3.96. The van der Waals surface area contributed by atoms with Gasteiger partial charge in [-0.2, -0.15) is 15.1 Å². The molecule has 0 unspecified atom stereocenters. The molecule has 5 aromatic rings. The van der Waals surface area contributed by atoms with E-state index < -0.39 is 29.5 Å². The van der Waals surface area contributed by atoms with E-state index in [4.69, 9.17) is 9.47 Å². The Morgan fingerprint density at radius 3 is 2.37 bits per heavy atom. The second kappa shape index (κ2) is 24.2. The number of likely N-dealkylation sites (tertiary alicyclic amines) is 1. The molecule has 70 heavy (non-hydrogen) atoms. The molecule has 0 spiro atoms. The third kappa shape index (κ3) is 14.6. The minimum absolute atomic E-state index is 0.0133. The monoisotopic (exact) mass is 972 g/mol. The van der Waals surface area contributed by atoms with E-state index in [0.29, 0.717) is 63.7 Å². The summed E-state index contributed by atoms with van der Waals surface area (Å²) in [6, 6.07) is 23.7. The van der Waals surface area contributed by atoms with Gasteiger partial charge in [0.15, 0.2) is 5.82 Å². The number of aromatic nitrogens is 3. The van der Waals surface area contributed by atoms with Gasteiger partial charge in [-0.25, -0.2) is 4.98 Å². The van der Waals surface area contributed by atoms with Crippen molar-refractivity contribution in [2.75, 3.05) is 55.1 Å². The van der Waals surface area contributed by atoms with E-state index in [-0.39, 0.29) is 56.1 Å². The lowest BCUT2D eigenvalue weighted by atomic mass is 9.85. The van der Waals surface area contributed by atoms with Crippen LogP contribution in [0, 0.1) is 19.3 Å². The van der Waals surface area contributed by atoms with Crippen LogP contribution in [0.5, 0.6) is 6.01 Å². The highest BCUT2D eigenvalue weighted by Gasteiger charge is 2.44. The first-order valence-corrected chi connectivity index (χ1v) is 24.7. The van der Waals surface area contributed by atoms with Crippen molar-refractivity contribution >= 4 is 58.5 Å². The summed E-state index contributed by atoms with van der Waals surface area (Å²) in [6.45, 7) is 12.7. The van der Waals surface area contributed by atoms with Crippen LogP contribution in [0.1, 0.15) is 80.8 Å². The van der Waals surface area contributed by atoms with Gasteiger partial charge in [-0.1, -0.05) is 87.0 Å². The first-order chi connectivity index (χ1) is 33.7. The number of aryl methyl sites for hydroxylation is 2. The number of amides is 4. The summed E-state index contributed by atoms with van der Waals surface area (Å²) in [4.78, 5) is 71.8. The van der Waals surface area contributed by atoms with Crippen LogP contribution >= 0.6 is 11.3 Å². The fraction of sp³-hybridized carbons (Fsp3) is 0.423. The predicted molar refractivity (Wildman–Crippen MR) is 272 cm³/mol. The number of β-amino-alcohol motifs (C(OH)–C–C–N with tert-alkyl or cyclic N) is 1. The topological polar surface area (TPSA) is 213 Å². The summed E-state index contributed by atoms with van der Waals surface area (Å²) in [5.41, 5.74) is 10.8. The number of hydrazone groups is 1. The second-order valence-electron chi connectivity index (χ2n) is 18.8. The number of morpholine rings is 1. The van der Waals surface area contributed by atoms with Crippen LogP contribution in [0.3, 0.4) is 0 Å². The molecule has 2 aromatic heterocycles. The number of nitrogens with zero attached hydrogens (tertiary/aromatic N) is 6. The molecule has 0 aliphatic carbocycles. The molecular formula is C52H64N10O7S. The molecule has 2 fully saturated rings. The number of thiazole rings is 1. The zero-order valence-electron chi connectivity index (χ0n) is 40.6. The highest BCUT2D eigenvalue weighted by Crippen LogP contribution is 2.29. The molecule has 0 bridgehead atoms. The number of carbonyl (C=O) groups is 4. The number of aliphatic hydroxyl groups is 1. The van der Waals surface area contributed by atoms with Crippen LogP contribution < -0.4 is 31.0 Å². The molecule has 7 rings (SSSR count). The third-order valence-electron chi connectivity index (χ3n) is 12.1. The van der Waals surface area contributed by atoms with Crippen molar-refractivity contribution in [2.45, 2.75) is 97.9 Å². The second-order valence-corrected chi connectivity index (χ2v) is 19.6. The zero-order chi connectivity index (χ0) is 49.6. The zero-order valence-corrected chi connectivity index (χ0v) is 41.4. The van der Waals surface area contributed by atoms with Gasteiger partial charge in [0.05, 0.1) is 48.2 Å². The number of hydrogen-bond acceptors (Lipinski definition) is 14. The molecule has 5 N–H and O–H groups in total. The summed E-state index contributed by atoms with van der Waals surface area (Å²) in [5, 5.41) is 23.7. The van der Waals surface area contributed by atoms with Gasteiger partial charge in [0.2, 0.25) is 23.6 Å².